The molecule has 0 amide bonds. The zero-order chi connectivity index (χ0) is 17.0. The minimum absolute atomic E-state index is 0.223. The van der Waals surface area contributed by atoms with Crippen LogP contribution in [0.4, 0.5) is 0 Å². The Bertz CT molecular complexity index is 520. The molecule has 0 fully saturated rings. The summed E-state index contributed by atoms with van der Waals surface area (Å²) in [6.45, 7) is 6.98. The van der Waals surface area contributed by atoms with Gasteiger partial charge in [0, 0.05) is 0 Å². The van der Waals surface area contributed by atoms with Crippen molar-refractivity contribution in [2.75, 3.05) is 0 Å². The first kappa shape index (κ1) is 17.2. The SMILES string of the molecule is CC1=NN=C(N)OB(OB2OC(N)=NN=C(C)C(C)O2)OC1C. The first-order valence-corrected chi connectivity index (χ1v) is 6.90. The first-order chi connectivity index (χ1) is 10.8. The van der Waals surface area contributed by atoms with Crippen molar-refractivity contribution in [2.24, 2.45) is 31.9 Å². The van der Waals surface area contributed by atoms with Gasteiger partial charge in [0.25, 0.3) is 12.0 Å². The topological polar surface area (TPSA) is 148 Å². The number of nitrogens with two attached hydrogens (primary N) is 2. The summed E-state index contributed by atoms with van der Waals surface area (Å²) in [5.41, 5.74) is 12.3. The number of amidine groups is 2. The molecule has 0 saturated carbocycles. The van der Waals surface area contributed by atoms with Crippen LogP contribution in [-0.2, 0) is 23.2 Å². The summed E-state index contributed by atoms with van der Waals surface area (Å²) in [7, 11) is -2.47. The van der Waals surface area contributed by atoms with Crippen LogP contribution in [0.2, 0.25) is 0 Å². The lowest BCUT2D eigenvalue weighted by Crippen LogP contribution is -2.47. The van der Waals surface area contributed by atoms with E-state index in [0.717, 1.165) is 0 Å². The molecule has 23 heavy (non-hydrogen) atoms. The van der Waals surface area contributed by atoms with Gasteiger partial charge in [-0.15, -0.1) is 0 Å². The van der Waals surface area contributed by atoms with E-state index in [1.165, 1.54) is 0 Å². The van der Waals surface area contributed by atoms with Crippen LogP contribution < -0.4 is 11.5 Å². The highest BCUT2D eigenvalue weighted by molar-refractivity contribution is 6.54. The van der Waals surface area contributed by atoms with Crippen LogP contribution in [0.5, 0.6) is 0 Å². The predicted octanol–water partition coefficient (Wildman–Crippen LogP) is -0.775. The van der Waals surface area contributed by atoms with Gasteiger partial charge < -0.3 is 34.7 Å². The first-order valence-electron chi connectivity index (χ1n) is 6.90. The third-order valence-corrected chi connectivity index (χ3v) is 3.08. The van der Waals surface area contributed by atoms with Crippen molar-refractivity contribution in [1.82, 2.24) is 0 Å². The van der Waals surface area contributed by atoms with E-state index < -0.39 is 26.9 Å². The van der Waals surface area contributed by atoms with Gasteiger partial charge in [0.05, 0.1) is 23.6 Å². The molecule has 0 spiro atoms. The van der Waals surface area contributed by atoms with Gasteiger partial charge in [-0.25, -0.2) is 0 Å². The largest absolute Gasteiger partial charge is 0.704 e. The second-order valence-corrected chi connectivity index (χ2v) is 4.86. The van der Waals surface area contributed by atoms with Crippen LogP contribution in [0.25, 0.3) is 0 Å². The van der Waals surface area contributed by atoms with Crippen molar-refractivity contribution in [3.8, 4) is 0 Å². The molecule has 2 rings (SSSR count). The summed E-state index contributed by atoms with van der Waals surface area (Å²) in [6, 6.07) is -0.445. The summed E-state index contributed by atoms with van der Waals surface area (Å²) in [6.07, 6.45) is -0.839. The molecule has 124 valence electrons. The molecule has 0 radical (unpaired) electrons. The van der Waals surface area contributed by atoms with E-state index in [1.54, 1.807) is 27.7 Å². The summed E-state index contributed by atoms with van der Waals surface area (Å²) in [5, 5.41) is 15.1. The number of hydrogen-bond acceptors (Lipinski definition) is 11. The van der Waals surface area contributed by atoms with Crippen LogP contribution in [0.1, 0.15) is 27.7 Å². The van der Waals surface area contributed by atoms with Crippen molar-refractivity contribution >= 4 is 38.1 Å². The van der Waals surface area contributed by atoms with E-state index in [1.807, 2.05) is 0 Å². The third kappa shape index (κ3) is 4.94. The molecular weight excluding hydrogens is 306 g/mol. The summed E-state index contributed by atoms with van der Waals surface area (Å²) in [4.78, 5) is 0. The average Bonchev–Trinajstić information content (AvgIpc) is 2.47. The Morgan fingerprint density at radius 2 is 1.22 bits per heavy atom. The van der Waals surface area contributed by atoms with Gasteiger partial charge in [-0.1, -0.05) is 10.2 Å². The average molecular weight is 324 g/mol. The molecule has 0 aliphatic carbocycles. The summed E-state index contributed by atoms with van der Waals surface area (Å²) < 4.78 is 26.9. The molecule has 2 aliphatic heterocycles. The van der Waals surface area contributed by atoms with Crippen LogP contribution in [0.3, 0.4) is 0 Å². The quantitative estimate of drug-likeness (QED) is 0.633. The lowest BCUT2D eigenvalue weighted by Gasteiger charge is -2.24. The Morgan fingerprint density at radius 3 is 1.61 bits per heavy atom. The minimum Gasteiger partial charge on any atom is -0.484 e. The lowest BCUT2D eigenvalue weighted by molar-refractivity contribution is 0.118. The molecule has 4 N–H and O–H groups in total. The van der Waals surface area contributed by atoms with Gasteiger partial charge in [-0.3, -0.25) is 0 Å². The van der Waals surface area contributed by atoms with Crippen molar-refractivity contribution in [3.63, 3.8) is 0 Å². The zero-order valence-corrected chi connectivity index (χ0v) is 13.3. The molecule has 0 aromatic heterocycles. The standard InChI is InChI=1S/C10H18B2N6O5/c1-5-7(3)19-11(21-9(13)17-15-5)23-12-20-8(4)6(2)16-18-10(14)22-12/h7-8H,1-4H3,(H2,13,17)(H2,14,18). The molecule has 2 heterocycles. The Labute approximate surface area is 134 Å². The van der Waals surface area contributed by atoms with Gasteiger partial charge >= 0.3 is 14.6 Å². The van der Waals surface area contributed by atoms with Crippen molar-refractivity contribution in [1.29, 1.82) is 0 Å². The van der Waals surface area contributed by atoms with E-state index in [-0.39, 0.29) is 12.0 Å². The van der Waals surface area contributed by atoms with Gasteiger partial charge in [0.15, 0.2) is 0 Å². The second kappa shape index (κ2) is 7.44. The smallest absolute Gasteiger partial charge is 0.484 e. The fraction of sp³-hybridized carbons (Fsp3) is 0.600. The van der Waals surface area contributed by atoms with Crippen LogP contribution in [-0.4, -0.2) is 50.3 Å². The number of hydrogen-bond donors (Lipinski definition) is 2. The summed E-state index contributed by atoms with van der Waals surface area (Å²) >= 11 is 0. The van der Waals surface area contributed by atoms with Crippen molar-refractivity contribution < 1.29 is 23.2 Å². The predicted molar refractivity (Wildman–Crippen MR) is 85.3 cm³/mol. The van der Waals surface area contributed by atoms with Crippen LogP contribution >= 0.6 is 0 Å². The molecule has 0 aromatic rings. The Balaban J connectivity index is 2.08. The van der Waals surface area contributed by atoms with Crippen LogP contribution in [0, 0.1) is 0 Å². The maximum atomic E-state index is 5.55. The van der Waals surface area contributed by atoms with Gasteiger partial charge in [0.2, 0.25) is 0 Å². The Kier molecular flexibility index (Phi) is 5.58. The van der Waals surface area contributed by atoms with Gasteiger partial charge in [-0.05, 0) is 27.7 Å². The van der Waals surface area contributed by atoms with Crippen molar-refractivity contribution in [3.05, 3.63) is 0 Å². The molecule has 2 aliphatic rings. The highest BCUT2D eigenvalue weighted by Gasteiger charge is 2.41. The van der Waals surface area contributed by atoms with Gasteiger partial charge in [-0.2, -0.15) is 10.2 Å². The maximum absolute atomic E-state index is 5.55. The van der Waals surface area contributed by atoms with E-state index in [9.17, 15) is 0 Å². The zero-order valence-electron chi connectivity index (χ0n) is 13.3. The minimum atomic E-state index is -1.24. The molecule has 13 heteroatoms. The monoisotopic (exact) mass is 324 g/mol. The van der Waals surface area contributed by atoms with E-state index in [4.69, 9.17) is 34.7 Å². The second-order valence-electron chi connectivity index (χ2n) is 4.86. The molecular formula is C10H18B2N6O5. The number of nitrogens with zero attached hydrogens (tertiary/aromatic N) is 4. The van der Waals surface area contributed by atoms with Crippen molar-refractivity contribution in [2.45, 2.75) is 39.9 Å². The third-order valence-electron chi connectivity index (χ3n) is 3.08. The normalized spacial score (nSPS) is 26.3. The lowest BCUT2D eigenvalue weighted by atomic mass is 10.1. The number of rotatable bonds is 2. The fourth-order valence-electron chi connectivity index (χ4n) is 1.46. The maximum Gasteiger partial charge on any atom is 0.704 e. The van der Waals surface area contributed by atoms with Crippen LogP contribution in [0.15, 0.2) is 20.4 Å². The highest BCUT2D eigenvalue weighted by atomic mass is 16.8. The molecule has 11 nitrogen and oxygen atoms in total. The Morgan fingerprint density at radius 1 is 0.826 bits per heavy atom. The van der Waals surface area contributed by atoms with Gasteiger partial charge in [0.1, 0.15) is 0 Å². The highest BCUT2D eigenvalue weighted by Crippen LogP contribution is 2.10. The summed E-state index contributed by atoms with van der Waals surface area (Å²) in [5.74, 6) is 0. The molecule has 0 bridgehead atoms. The molecule has 0 aromatic carbocycles. The van der Waals surface area contributed by atoms with E-state index in [2.05, 4.69) is 20.4 Å². The molecule has 2 atom stereocenters. The Hall–Kier alpha value is -2.11. The fourth-order valence-corrected chi connectivity index (χ4v) is 1.46. The molecule has 2 unspecified atom stereocenters. The molecule has 0 saturated heterocycles. The van der Waals surface area contributed by atoms with E-state index >= 15 is 0 Å². The van der Waals surface area contributed by atoms with E-state index in [0.29, 0.717) is 11.4 Å².